The molecule has 2 rings (SSSR count). The molecule has 0 amide bonds. The molecule has 0 aromatic heterocycles. The van der Waals surface area contributed by atoms with Crippen LogP contribution in [0.3, 0.4) is 0 Å². The fraction of sp³-hybridized carbons (Fsp3) is 0.667. The number of benzene rings is 1. The Kier molecular flexibility index (Phi) is 6.93. The number of phenolic OH excluding ortho intramolecular Hbond substituents is 1. The molecule has 1 aliphatic rings. The standard InChI is InChI=1S/C18H28O2/c19-17-13-11-16(12-14-17)8-4-1-2-7-15-20-18-9-5-3-6-10-18/h11-14,18-19H,1-10,15H2. The highest BCUT2D eigenvalue weighted by Gasteiger charge is 2.12. The van der Waals surface area contributed by atoms with Gasteiger partial charge in [-0.3, -0.25) is 0 Å². The molecule has 0 unspecified atom stereocenters. The first-order valence-electron chi connectivity index (χ1n) is 8.24. The summed E-state index contributed by atoms with van der Waals surface area (Å²) in [6.45, 7) is 0.948. The van der Waals surface area contributed by atoms with Gasteiger partial charge in [0.25, 0.3) is 0 Å². The van der Waals surface area contributed by atoms with Crippen molar-refractivity contribution in [3.63, 3.8) is 0 Å². The van der Waals surface area contributed by atoms with E-state index < -0.39 is 0 Å². The highest BCUT2D eigenvalue weighted by Crippen LogP contribution is 2.20. The van der Waals surface area contributed by atoms with Crippen LogP contribution in [-0.4, -0.2) is 17.8 Å². The van der Waals surface area contributed by atoms with Gasteiger partial charge in [0, 0.05) is 6.61 Å². The van der Waals surface area contributed by atoms with Crippen LogP contribution in [-0.2, 0) is 11.2 Å². The van der Waals surface area contributed by atoms with E-state index in [4.69, 9.17) is 4.74 Å². The smallest absolute Gasteiger partial charge is 0.115 e. The minimum Gasteiger partial charge on any atom is -0.508 e. The molecule has 1 N–H and O–H groups in total. The molecule has 0 atom stereocenters. The lowest BCUT2D eigenvalue weighted by molar-refractivity contribution is 0.0263. The van der Waals surface area contributed by atoms with Gasteiger partial charge in [0.15, 0.2) is 0 Å². The lowest BCUT2D eigenvalue weighted by atomic mass is 9.98. The molecule has 1 aromatic carbocycles. The van der Waals surface area contributed by atoms with Gasteiger partial charge in [-0.1, -0.05) is 44.2 Å². The number of hydrogen-bond donors (Lipinski definition) is 1. The molecule has 0 radical (unpaired) electrons. The van der Waals surface area contributed by atoms with Crippen LogP contribution in [0.15, 0.2) is 24.3 Å². The number of ether oxygens (including phenoxy) is 1. The molecule has 112 valence electrons. The van der Waals surface area contributed by atoms with Crippen molar-refractivity contribution in [3.05, 3.63) is 29.8 Å². The Balaban J connectivity index is 1.44. The van der Waals surface area contributed by atoms with Crippen molar-refractivity contribution in [1.29, 1.82) is 0 Å². The summed E-state index contributed by atoms with van der Waals surface area (Å²) >= 11 is 0. The minimum absolute atomic E-state index is 0.355. The van der Waals surface area contributed by atoms with Crippen LogP contribution in [0.2, 0.25) is 0 Å². The highest BCUT2D eigenvalue weighted by molar-refractivity contribution is 5.25. The molecule has 1 aliphatic carbocycles. The van der Waals surface area contributed by atoms with Gasteiger partial charge < -0.3 is 9.84 Å². The predicted molar refractivity (Wildman–Crippen MR) is 83.1 cm³/mol. The third-order valence-electron chi connectivity index (χ3n) is 4.20. The summed E-state index contributed by atoms with van der Waals surface area (Å²) in [5, 5.41) is 9.22. The van der Waals surface area contributed by atoms with Gasteiger partial charge >= 0.3 is 0 Å². The lowest BCUT2D eigenvalue weighted by Crippen LogP contribution is -2.17. The maximum absolute atomic E-state index is 9.22. The monoisotopic (exact) mass is 276 g/mol. The Bertz CT molecular complexity index is 352. The molecule has 1 saturated carbocycles. The normalized spacial score (nSPS) is 16.4. The van der Waals surface area contributed by atoms with Crippen molar-refractivity contribution >= 4 is 0 Å². The molecule has 0 saturated heterocycles. The molecule has 1 fully saturated rings. The second-order valence-electron chi connectivity index (χ2n) is 5.96. The molecule has 0 heterocycles. The van der Waals surface area contributed by atoms with Crippen molar-refractivity contribution in [3.8, 4) is 5.75 Å². The van der Waals surface area contributed by atoms with Crippen molar-refractivity contribution in [2.24, 2.45) is 0 Å². The zero-order valence-electron chi connectivity index (χ0n) is 12.5. The summed E-state index contributed by atoms with van der Waals surface area (Å²) in [4.78, 5) is 0. The molecular formula is C18H28O2. The number of aryl methyl sites for hydroxylation is 1. The first-order chi connectivity index (χ1) is 9.84. The van der Waals surface area contributed by atoms with E-state index in [1.807, 2.05) is 12.1 Å². The Labute approximate surface area is 123 Å². The summed E-state index contributed by atoms with van der Waals surface area (Å²) in [7, 11) is 0. The molecular weight excluding hydrogens is 248 g/mol. The fourth-order valence-corrected chi connectivity index (χ4v) is 2.93. The summed E-state index contributed by atoms with van der Waals surface area (Å²) in [6, 6.07) is 7.57. The van der Waals surface area contributed by atoms with E-state index in [0.29, 0.717) is 11.9 Å². The summed E-state index contributed by atoms with van der Waals surface area (Å²) in [5.74, 6) is 0.355. The van der Waals surface area contributed by atoms with E-state index in [9.17, 15) is 5.11 Å². The minimum atomic E-state index is 0.355. The van der Waals surface area contributed by atoms with Crippen molar-refractivity contribution in [1.82, 2.24) is 0 Å². The van der Waals surface area contributed by atoms with Crippen molar-refractivity contribution in [2.45, 2.75) is 70.3 Å². The third kappa shape index (κ3) is 5.96. The fourth-order valence-electron chi connectivity index (χ4n) is 2.93. The number of unbranched alkanes of at least 4 members (excludes halogenated alkanes) is 3. The van der Waals surface area contributed by atoms with E-state index >= 15 is 0 Å². The average Bonchev–Trinajstić information content (AvgIpc) is 2.49. The number of hydrogen-bond acceptors (Lipinski definition) is 2. The molecule has 2 nitrogen and oxygen atoms in total. The second kappa shape index (κ2) is 9.02. The van der Waals surface area contributed by atoms with Crippen LogP contribution >= 0.6 is 0 Å². The topological polar surface area (TPSA) is 29.5 Å². The van der Waals surface area contributed by atoms with Gasteiger partial charge in [-0.15, -0.1) is 0 Å². The van der Waals surface area contributed by atoms with Crippen LogP contribution in [0.1, 0.15) is 63.4 Å². The third-order valence-corrected chi connectivity index (χ3v) is 4.20. The second-order valence-corrected chi connectivity index (χ2v) is 5.96. The summed E-state index contributed by atoms with van der Waals surface area (Å²) < 4.78 is 5.93. The SMILES string of the molecule is Oc1ccc(CCCCCCOC2CCCCC2)cc1. The van der Waals surface area contributed by atoms with E-state index in [0.717, 1.165) is 13.0 Å². The molecule has 0 bridgehead atoms. The van der Waals surface area contributed by atoms with Crippen LogP contribution in [0, 0.1) is 0 Å². The van der Waals surface area contributed by atoms with Gasteiger partial charge in [-0.05, 0) is 49.8 Å². The van der Waals surface area contributed by atoms with E-state index in [2.05, 4.69) is 0 Å². The van der Waals surface area contributed by atoms with Gasteiger partial charge in [-0.25, -0.2) is 0 Å². The van der Waals surface area contributed by atoms with Gasteiger partial charge in [0.2, 0.25) is 0 Å². The van der Waals surface area contributed by atoms with Gasteiger partial charge in [-0.2, -0.15) is 0 Å². The molecule has 2 heteroatoms. The highest BCUT2D eigenvalue weighted by atomic mass is 16.5. The molecule has 20 heavy (non-hydrogen) atoms. The number of rotatable bonds is 8. The Morgan fingerprint density at radius 1 is 0.900 bits per heavy atom. The first-order valence-corrected chi connectivity index (χ1v) is 8.24. The van der Waals surface area contributed by atoms with Crippen molar-refractivity contribution in [2.75, 3.05) is 6.61 Å². The van der Waals surface area contributed by atoms with Crippen LogP contribution in [0.4, 0.5) is 0 Å². The van der Waals surface area contributed by atoms with Crippen LogP contribution < -0.4 is 0 Å². The maximum atomic E-state index is 9.22. The summed E-state index contributed by atoms with van der Waals surface area (Å²) in [5.41, 5.74) is 1.32. The van der Waals surface area contributed by atoms with Gasteiger partial charge in [0.1, 0.15) is 5.75 Å². The van der Waals surface area contributed by atoms with Crippen LogP contribution in [0.25, 0.3) is 0 Å². The zero-order chi connectivity index (χ0) is 14.0. The number of aromatic hydroxyl groups is 1. The largest absolute Gasteiger partial charge is 0.508 e. The zero-order valence-corrected chi connectivity index (χ0v) is 12.5. The van der Waals surface area contributed by atoms with E-state index in [1.54, 1.807) is 12.1 Å². The van der Waals surface area contributed by atoms with Crippen LogP contribution in [0.5, 0.6) is 5.75 Å². The Morgan fingerprint density at radius 2 is 1.60 bits per heavy atom. The molecule has 0 spiro atoms. The lowest BCUT2D eigenvalue weighted by Gasteiger charge is -2.21. The van der Waals surface area contributed by atoms with E-state index in [1.165, 1.54) is 63.4 Å². The summed E-state index contributed by atoms with van der Waals surface area (Å²) in [6.07, 6.45) is 13.3. The van der Waals surface area contributed by atoms with Crippen molar-refractivity contribution < 1.29 is 9.84 Å². The molecule has 0 aliphatic heterocycles. The number of phenols is 1. The van der Waals surface area contributed by atoms with E-state index in [-0.39, 0.29) is 0 Å². The quantitative estimate of drug-likeness (QED) is 0.688. The predicted octanol–water partition coefficient (Wildman–Crippen LogP) is 4.84. The first kappa shape index (κ1) is 15.4. The Morgan fingerprint density at radius 3 is 2.35 bits per heavy atom. The Hall–Kier alpha value is -1.02. The average molecular weight is 276 g/mol. The molecule has 1 aromatic rings. The van der Waals surface area contributed by atoms with Gasteiger partial charge in [0.05, 0.1) is 6.10 Å². The maximum Gasteiger partial charge on any atom is 0.115 e.